The molecule has 2 heteroatoms. The Hall–Kier alpha value is -1.31. The van der Waals surface area contributed by atoms with E-state index in [1.54, 1.807) is 6.08 Å². The van der Waals surface area contributed by atoms with Crippen LogP contribution in [0, 0.1) is 5.41 Å². The van der Waals surface area contributed by atoms with Crippen molar-refractivity contribution in [3.63, 3.8) is 0 Å². The molecule has 0 amide bonds. The van der Waals surface area contributed by atoms with Gasteiger partial charge in [0.25, 0.3) is 0 Å². The standard InChI is InChI=1S/C16H27NO/c1-6-9-11-15(17-14(4)18)16(5,12-8-3)13-10-7-2/h6,9,11,18H,1,4,7-8,10,12-13H2,2-3,5H3/b11-9-,17-15?. The van der Waals surface area contributed by atoms with Gasteiger partial charge in [-0.05, 0) is 25.5 Å². The minimum atomic E-state index is -0.127. The van der Waals surface area contributed by atoms with E-state index in [1.807, 2.05) is 12.2 Å². The summed E-state index contributed by atoms with van der Waals surface area (Å²) in [7, 11) is 0. The fraction of sp³-hybridized carbons (Fsp3) is 0.562. The Labute approximate surface area is 112 Å². The molecule has 0 spiro atoms. The van der Waals surface area contributed by atoms with Gasteiger partial charge in [-0.3, -0.25) is 0 Å². The summed E-state index contributed by atoms with van der Waals surface area (Å²) in [6.07, 6.45) is 11.1. The first-order valence-corrected chi connectivity index (χ1v) is 6.76. The van der Waals surface area contributed by atoms with Crippen molar-refractivity contribution >= 4 is 5.71 Å². The molecule has 0 aliphatic heterocycles. The third-order valence-electron chi connectivity index (χ3n) is 3.14. The van der Waals surface area contributed by atoms with Crippen LogP contribution in [0.2, 0.25) is 0 Å². The summed E-state index contributed by atoms with van der Waals surface area (Å²) in [6, 6.07) is 0. The van der Waals surface area contributed by atoms with Crippen molar-refractivity contribution in [2.45, 2.75) is 52.9 Å². The zero-order valence-corrected chi connectivity index (χ0v) is 12.1. The van der Waals surface area contributed by atoms with Crippen LogP contribution in [0.25, 0.3) is 0 Å². The maximum absolute atomic E-state index is 9.34. The van der Waals surface area contributed by atoms with E-state index in [1.165, 1.54) is 0 Å². The molecule has 0 aromatic rings. The van der Waals surface area contributed by atoms with E-state index < -0.39 is 0 Å². The van der Waals surface area contributed by atoms with Crippen molar-refractivity contribution < 1.29 is 5.11 Å². The Bertz CT molecular complexity index is 328. The second-order valence-electron chi connectivity index (χ2n) is 4.92. The zero-order chi connectivity index (χ0) is 14.0. The maximum Gasteiger partial charge on any atom is 0.203 e. The molecular weight excluding hydrogens is 222 g/mol. The van der Waals surface area contributed by atoms with Crippen LogP contribution < -0.4 is 0 Å². The topological polar surface area (TPSA) is 32.6 Å². The van der Waals surface area contributed by atoms with Gasteiger partial charge in [-0.2, -0.15) is 0 Å². The Morgan fingerprint density at radius 2 is 1.94 bits per heavy atom. The zero-order valence-electron chi connectivity index (χ0n) is 12.1. The highest BCUT2D eigenvalue weighted by Gasteiger charge is 2.27. The molecule has 2 nitrogen and oxygen atoms in total. The normalized spacial score (nSPS) is 15.6. The highest BCUT2D eigenvalue weighted by Crippen LogP contribution is 2.33. The first-order valence-electron chi connectivity index (χ1n) is 6.76. The van der Waals surface area contributed by atoms with E-state index in [-0.39, 0.29) is 11.3 Å². The molecule has 1 unspecified atom stereocenters. The molecule has 0 heterocycles. The number of allylic oxidation sites excluding steroid dienone is 3. The molecular formula is C16H27NO. The number of hydrogen-bond acceptors (Lipinski definition) is 2. The van der Waals surface area contributed by atoms with Gasteiger partial charge in [0.1, 0.15) is 0 Å². The third-order valence-corrected chi connectivity index (χ3v) is 3.14. The maximum atomic E-state index is 9.34. The molecule has 1 N–H and O–H groups in total. The number of unbranched alkanes of at least 4 members (excludes halogenated alkanes) is 1. The van der Waals surface area contributed by atoms with Crippen LogP contribution in [0.15, 0.2) is 42.3 Å². The minimum absolute atomic E-state index is 0.00403. The number of rotatable bonds is 9. The van der Waals surface area contributed by atoms with Crippen molar-refractivity contribution in [2.75, 3.05) is 0 Å². The van der Waals surface area contributed by atoms with Gasteiger partial charge in [0.15, 0.2) is 0 Å². The molecule has 0 aliphatic carbocycles. The molecule has 0 fully saturated rings. The predicted octanol–water partition coefficient (Wildman–Crippen LogP) is 5.20. The molecule has 0 saturated carbocycles. The van der Waals surface area contributed by atoms with Crippen molar-refractivity contribution in [3.8, 4) is 0 Å². The van der Waals surface area contributed by atoms with E-state index in [0.29, 0.717) is 0 Å². The molecule has 0 aromatic heterocycles. The summed E-state index contributed by atoms with van der Waals surface area (Å²) in [5, 5.41) is 9.34. The second kappa shape index (κ2) is 8.73. The molecule has 0 radical (unpaired) electrons. The Morgan fingerprint density at radius 1 is 1.28 bits per heavy atom. The lowest BCUT2D eigenvalue weighted by Crippen LogP contribution is -2.26. The Kier molecular flexibility index (Phi) is 8.10. The lowest BCUT2D eigenvalue weighted by atomic mass is 9.76. The largest absolute Gasteiger partial charge is 0.494 e. The highest BCUT2D eigenvalue weighted by molar-refractivity contribution is 6.00. The monoisotopic (exact) mass is 249 g/mol. The fourth-order valence-electron chi connectivity index (χ4n) is 2.17. The van der Waals surface area contributed by atoms with Crippen molar-refractivity contribution in [1.82, 2.24) is 0 Å². The van der Waals surface area contributed by atoms with Crippen LogP contribution in [0.4, 0.5) is 0 Å². The number of hydrogen-bond donors (Lipinski definition) is 1. The van der Waals surface area contributed by atoms with Crippen LogP contribution in [0.5, 0.6) is 0 Å². The van der Waals surface area contributed by atoms with Gasteiger partial charge < -0.3 is 5.11 Å². The molecule has 102 valence electrons. The van der Waals surface area contributed by atoms with E-state index in [4.69, 9.17) is 0 Å². The molecule has 0 rings (SSSR count). The molecule has 18 heavy (non-hydrogen) atoms. The minimum Gasteiger partial charge on any atom is -0.494 e. The molecule has 0 aliphatic rings. The summed E-state index contributed by atoms with van der Waals surface area (Å²) >= 11 is 0. The second-order valence-corrected chi connectivity index (χ2v) is 4.92. The van der Waals surface area contributed by atoms with E-state index in [0.717, 1.165) is 37.8 Å². The lowest BCUT2D eigenvalue weighted by Gasteiger charge is -2.29. The average Bonchev–Trinajstić information content (AvgIpc) is 2.31. The van der Waals surface area contributed by atoms with Gasteiger partial charge in [0, 0.05) is 5.41 Å². The molecule has 1 atom stereocenters. The number of aliphatic hydroxyl groups excluding tert-OH is 1. The van der Waals surface area contributed by atoms with E-state index in [9.17, 15) is 5.11 Å². The molecule has 0 aromatic carbocycles. The molecule has 0 bridgehead atoms. The number of aliphatic imine (C=N–C) groups is 1. The summed E-state index contributed by atoms with van der Waals surface area (Å²) < 4.78 is 0. The average molecular weight is 249 g/mol. The number of aliphatic hydroxyl groups is 1. The van der Waals surface area contributed by atoms with Gasteiger partial charge >= 0.3 is 0 Å². The van der Waals surface area contributed by atoms with Gasteiger partial charge in [-0.1, -0.05) is 58.8 Å². The van der Waals surface area contributed by atoms with Crippen molar-refractivity contribution in [3.05, 3.63) is 37.3 Å². The summed E-state index contributed by atoms with van der Waals surface area (Å²) in [5.41, 5.74) is 0.890. The van der Waals surface area contributed by atoms with Gasteiger partial charge in [0.2, 0.25) is 5.88 Å². The van der Waals surface area contributed by atoms with Gasteiger partial charge in [-0.15, -0.1) is 0 Å². The van der Waals surface area contributed by atoms with Crippen LogP contribution in [0.1, 0.15) is 52.9 Å². The lowest BCUT2D eigenvalue weighted by molar-refractivity contribution is 0.369. The van der Waals surface area contributed by atoms with Crippen LogP contribution in [0.3, 0.4) is 0 Å². The summed E-state index contributed by atoms with van der Waals surface area (Å²) in [5.74, 6) is -0.127. The van der Waals surface area contributed by atoms with E-state index >= 15 is 0 Å². The van der Waals surface area contributed by atoms with Crippen LogP contribution in [-0.4, -0.2) is 10.8 Å². The predicted molar refractivity (Wildman–Crippen MR) is 81.1 cm³/mol. The molecule has 0 saturated heterocycles. The smallest absolute Gasteiger partial charge is 0.203 e. The van der Waals surface area contributed by atoms with Gasteiger partial charge in [0.05, 0.1) is 5.71 Å². The summed E-state index contributed by atoms with van der Waals surface area (Å²) in [4.78, 5) is 4.20. The number of nitrogens with zero attached hydrogens (tertiary/aromatic N) is 1. The fourth-order valence-corrected chi connectivity index (χ4v) is 2.17. The van der Waals surface area contributed by atoms with Crippen molar-refractivity contribution in [2.24, 2.45) is 10.4 Å². The van der Waals surface area contributed by atoms with E-state index in [2.05, 4.69) is 38.9 Å². The first-order chi connectivity index (χ1) is 8.50. The Balaban J connectivity index is 5.25. The summed E-state index contributed by atoms with van der Waals surface area (Å²) in [6.45, 7) is 13.7. The Morgan fingerprint density at radius 3 is 2.39 bits per heavy atom. The SMILES string of the molecule is C=C/C=C\C(=NC(=C)O)C(C)(CCC)CCCC. The third kappa shape index (κ3) is 5.85. The van der Waals surface area contributed by atoms with Gasteiger partial charge in [-0.25, -0.2) is 4.99 Å². The quantitative estimate of drug-likeness (QED) is 0.340. The van der Waals surface area contributed by atoms with Crippen LogP contribution in [-0.2, 0) is 0 Å². The first kappa shape index (κ1) is 16.7. The van der Waals surface area contributed by atoms with Crippen LogP contribution >= 0.6 is 0 Å². The highest BCUT2D eigenvalue weighted by atomic mass is 16.3. The van der Waals surface area contributed by atoms with Crippen molar-refractivity contribution in [1.29, 1.82) is 0 Å².